The Morgan fingerprint density at radius 3 is 2.50 bits per heavy atom. The van der Waals surface area contributed by atoms with Gasteiger partial charge in [0.05, 0.1) is 20.3 Å². The third kappa shape index (κ3) is 5.60. The zero-order valence-corrected chi connectivity index (χ0v) is 17.1. The van der Waals surface area contributed by atoms with Crippen LogP contribution in [0.3, 0.4) is 0 Å². The van der Waals surface area contributed by atoms with Crippen molar-refractivity contribution in [3.05, 3.63) is 65.7 Å². The lowest BCUT2D eigenvalue weighted by Crippen LogP contribution is -2.39. The lowest BCUT2D eigenvalue weighted by Gasteiger charge is -2.35. The van der Waals surface area contributed by atoms with Gasteiger partial charge >= 0.3 is 0 Å². The Morgan fingerprint density at radius 1 is 1.00 bits per heavy atom. The maximum atomic E-state index is 5.68. The fraction of sp³-hybridized carbons (Fsp3) is 0.417. The first kappa shape index (κ1) is 20.4. The van der Waals surface area contributed by atoms with E-state index in [4.69, 9.17) is 9.47 Å². The van der Waals surface area contributed by atoms with Gasteiger partial charge in [0.2, 0.25) is 0 Å². The van der Waals surface area contributed by atoms with Crippen LogP contribution in [0.2, 0.25) is 0 Å². The summed E-state index contributed by atoms with van der Waals surface area (Å²) in [6.07, 6.45) is 8.19. The number of nitrogens with zero attached hydrogens (tertiary/aromatic N) is 1. The van der Waals surface area contributed by atoms with Crippen molar-refractivity contribution in [1.29, 1.82) is 0 Å². The molecule has 4 heteroatoms. The van der Waals surface area contributed by atoms with Crippen LogP contribution in [0.15, 0.2) is 54.6 Å². The first-order valence-electron chi connectivity index (χ1n) is 10.2. The number of rotatable bonds is 9. The molecule has 1 N–H and O–H groups in total. The van der Waals surface area contributed by atoms with Crippen molar-refractivity contribution >= 4 is 6.08 Å². The minimum absolute atomic E-state index is 0.274. The Balaban J connectivity index is 1.70. The van der Waals surface area contributed by atoms with E-state index in [0.717, 1.165) is 37.7 Å². The maximum absolute atomic E-state index is 5.68. The molecule has 4 nitrogen and oxygen atoms in total. The monoisotopic (exact) mass is 380 g/mol. The average Bonchev–Trinajstić information content (AvgIpc) is 2.77. The van der Waals surface area contributed by atoms with E-state index in [1.807, 2.05) is 18.2 Å². The van der Waals surface area contributed by atoms with Gasteiger partial charge in [0.15, 0.2) is 0 Å². The van der Waals surface area contributed by atoms with Crippen molar-refractivity contribution in [1.82, 2.24) is 10.2 Å². The molecule has 0 saturated carbocycles. The molecule has 2 aromatic rings. The Kier molecular flexibility index (Phi) is 7.94. The van der Waals surface area contributed by atoms with Gasteiger partial charge in [0.25, 0.3) is 0 Å². The van der Waals surface area contributed by atoms with Crippen molar-refractivity contribution in [3.63, 3.8) is 0 Å². The van der Waals surface area contributed by atoms with Crippen molar-refractivity contribution in [3.8, 4) is 11.5 Å². The number of piperidine rings is 1. The molecule has 1 unspecified atom stereocenters. The molecule has 2 aromatic carbocycles. The van der Waals surface area contributed by atoms with E-state index in [-0.39, 0.29) is 6.04 Å². The van der Waals surface area contributed by atoms with E-state index in [0.29, 0.717) is 0 Å². The summed E-state index contributed by atoms with van der Waals surface area (Å²) in [5, 5.41) is 3.62. The van der Waals surface area contributed by atoms with Crippen molar-refractivity contribution in [2.75, 3.05) is 40.4 Å². The molecule has 3 rings (SSSR count). The third-order valence-corrected chi connectivity index (χ3v) is 5.34. The molecule has 0 aromatic heterocycles. The molecule has 0 spiro atoms. The lowest BCUT2D eigenvalue weighted by molar-refractivity contribution is 0.158. The molecule has 1 saturated heterocycles. The summed E-state index contributed by atoms with van der Waals surface area (Å²) in [6.45, 7) is 3.98. The minimum Gasteiger partial charge on any atom is -0.497 e. The fourth-order valence-corrected chi connectivity index (χ4v) is 3.83. The summed E-state index contributed by atoms with van der Waals surface area (Å²) >= 11 is 0. The van der Waals surface area contributed by atoms with Crippen LogP contribution in [0.4, 0.5) is 0 Å². The van der Waals surface area contributed by atoms with Crippen LogP contribution < -0.4 is 14.8 Å². The van der Waals surface area contributed by atoms with Crippen LogP contribution in [-0.2, 0) is 0 Å². The van der Waals surface area contributed by atoms with E-state index in [1.54, 1.807) is 14.2 Å². The summed E-state index contributed by atoms with van der Waals surface area (Å²) in [6, 6.07) is 16.8. The van der Waals surface area contributed by atoms with Gasteiger partial charge in [0.1, 0.15) is 11.5 Å². The van der Waals surface area contributed by atoms with Crippen LogP contribution in [0, 0.1) is 0 Å². The highest BCUT2D eigenvalue weighted by atomic mass is 16.5. The van der Waals surface area contributed by atoms with Crippen molar-refractivity contribution in [2.24, 2.45) is 0 Å². The van der Waals surface area contributed by atoms with Crippen LogP contribution >= 0.6 is 0 Å². The van der Waals surface area contributed by atoms with E-state index in [9.17, 15) is 0 Å². The van der Waals surface area contributed by atoms with Gasteiger partial charge in [0, 0.05) is 18.7 Å². The second-order valence-electron chi connectivity index (χ2n) is 7.19. The van der Waals surface area contributed by atoms with Crippen LogP contribution in [0.25, 0.3) is 6.08 Å². The number of likely N-dealkylation sites (tertiary alicyclic amines) is 1. The van der Waals surface area contributed by atoms with E-state index in [2.05, 4.69) is 52.7 Å². The van der Waals surface area contributed by atoms with Crippen molar-refractivity contribution < 1.29 is 9.47 Å². The molecule has 0 amide bonds. The number of hydrogen-bond acceptors (Lipinski definition) is 4. The Hall–Kier alpha value is -2.30. The molecule has 0 aliphatic carbocycles. The number of nitrogens with one attached hydrogen (secondary N) is 1. The molecule has 150 valence electrons. The molecule has 1 aliphatic rings. The van der Waals surface area contributed by atoms with Crippen LogP contribution in [0.5, 0.6) is 11.5 Å². The normalized spacial score (nSPS) is 16.2. The SMILES string of the molecule is COc1ccc(OC)c(C(CNC/C=C/c2ccccc2)N2CCCCC2)c1. The average molecular weight is 381 g/mol. The molecular weight excluding hydrogens is 348 g/mol. The fourth-order valence-electron chi connectivity index (χ4n) is 3.83. The Bertz CT molecular complexity index is 740. The summed E-state index contributed by atoms with van der Waals surface area (Å²) in [5.41, 5.74) is 2.43. The zero-order valence-electron chi connectivity index (χ0n) is 17.1. The molecule has 0 bridgehead atoms. The largest absolute Gasteiger partial charge is 0.497 e. The highest BCUT2D eigenvalue weighted by Gasteiger charge is 2.25. The summed E-state index contributed by atoms with van der Waals surface area (Å²) in [5.74, 6) is 1.81. The van der Waals surface area contributed by atoms with Gasteiger partial charge in [-0.2, -0.15) is 0 Å². The van der Waals surface area contributed by atoms with Gasteiger partial charge in [-0.25, -0.2) is 0 Å². The smallest absolute Gasteiger partial charge is 0.123 e. The molecule has 1 fully saturated rings. The van der Waals surface area contributed by atoms with Gasteiger partial charge in [-0.15, -0.1) is 0 Å². The number of methoxy groups -OCH3 is 2. The lowest BCUT2D eigenvalue weighted by atomic mass is 10.00. The first-order valence-corrected chi connectivity index (χ1v) is 10.2. The van der Waals surface area contributed by atoms with E-state index >= 15 is 0 Å². The Labute approximate surface area is 169 Å². The predicted molar refractivity (Wildman–Crippen MR) is 116 cm³/mol. The van der Waals surface area contributed by atoms with Gasteiger partial charge < -0.3 is 14.8 Å². The topological polar surface area (TPSA) is 33.7 Å². The molecule has 1 heterocycles. The van der Waals surface area contributed by atoms with Gasteiger partial charge in [-0.3, -0.25) is 4.90 Å². The Morgan fingerprint density at radius 2 is 1.79 bits per heavy atom. The predicted octanol–water partition coefficient (Wildman–Crippen LogP) is 4.53. The van der Waals surface area contributed by atoms with E-state index in [1.165, 1.54) is 30.4 Å². The number of hydrogen-bond donors (Lipinski definition) is 1. The van der Waals surface area contributed by atoms with Crippen molar-refractivity contribution in [2.45, 2.75) is 25.3 Å². The summed E-state index contributed by atoms with van der Waals surface area (Å²) in [4.78, 5) is 2.58. The number of ether oxygens (including phenoxy) is 2. The van der Waals surface area contributed by atoms with E-state index < -0.39 is 0 Å². The third-order valence-electron chi connectivity index (χ3n) is 5.34. The second kappa shape index (κ2) is 10.9. The number of benzene rings is 2. The molecule has 1 aliphatic heterocycles. The first-order chi connectivity index (χ1) is 13.8. The molecule has 28 heavy (non-hydrogen) atoms. The molecular formula is C24H32N2O2. The highest BCUT2D eigenvalue weighted by molar-refractivity contribution is 5.48. The minimum atomic E-state index is 0.274. The highest BCUT2D eigenvalue weighted by Crippen LogP contribution is 2.33. The van der Waals surface area contributed by atoms with Crippen LogP contribution in [0.1, 0.15) is 36.4 Å². The maximum Gasteiger partial charge on any atom is 0.123 e. The van der Waals surface area contributed by atoms with Crippen LogP contribution in [-0.4, -0.2) is 45.3 Å². The zero-order chi connectivity index (χ0) is 19.6. The summed E-state index contributed by atoms with van der Waals surface area (Å²) in [7, 11) is 3.46. The van der Waals surface area contributed by atoms with Gasteiger partial charge in [-0.1, -0.05) is 48.9 Å². The molecule has 1 atom stereocenters. The van der Waals surface area contributed by atoms with Gasteiger partial charge in [-0.05, 0) is 49.7 Å². The second-order valence-corrected chi connectivity index (χ2v) is 7.19. The standard InChI is InChI=1S/C24H32N2O2/c1-27-21-13-14-24(28-2)22(18-21)23(26-16-7-4-8-17-26)19-25-15-9-12-20-10-5-3-6-11-20/h3,5-6,9-14,18,23,25H,4,7-8,15-17,19H2,1-2H3/b12-9+. The quantitative estimate of drug-likeness (QED) is 0.648. The molecule has 0 radical (unpaired) electrons. The summed E-state index contributed by atoms with van der Waals surface area (Å²) < 4.78 is 11.2.